The first-order chi connectivity index (χ1) is 8.99. The van der Waals surface area contributed by atoms with E-state index >= 15 is 0 Å². The summed E-state index contributed by atoms with van der Waals surface area (Å²) in [7, 11) is 0. The second-order valence-electron chi connectivity index (χ2n) is 4.26. The molecule has 19 heavy (non-hydrogen) atoms. The Hall–Kier alpha value is -1.38. The van der Waals surface area contributed by atoms with Crippen LogP contribution < -0.4 is 0 Å². The van der Waals surface area contributed by atoms with E-state index in [1.165, 1.54) is 6.07 Å². The summed E-state index contributed by atoms with van der Waals surface area (Å²) in [6.45, 7) is 1.65. The van der Waals surface area contributed by atoms with Gasteiger partial charge in [-0.15, -0.1) is 0 Å². The largest absolute Gasteiger partial charge is 0.294 e. The number of halogens is 3. The van der Waals surface area contributed by atoms with Crippen LogP contribution in [0.5, 0.6) is 0 Å². The van der Waals surface area contributed by atoms with Crippen LogP contribution in [0.4, 0.5) is 4.39 Å². The number of hydrogen-bond donors (Lipinski definition) is 0. The first kappa shape index (κ1) is 14.0. The Bertz CT molecular complexity index is 618. The summed E-state index contributed by atoms with van der Waals surface area (Å²) in [5.74, 6) is -0.606. The highest BCUT2D eigenvalue weighted by molar-refractivity contribution is 6.36. The molecule has 2 aromatic rings. The molecule has 0 spiro atoms. The minimum absolute atomic E-state index is 0.0566. The smallest absolute Gasteiger partial charge is 0.167 e. The highest BCUT2D eigenvalue weighted by Gasteiger charge is 2.13. The highest BCUT2D eigenvalue weighted by Crippen LogP contribution is 2.26. The molecule has 0 amide bonds. The van der Waals surface area contributed by atoms with E-state index in [0.29, 0.717) is 26.7 Å². The van der Waals surface area contributed by atoms with Crippen LogP contribution in [0.3, 0.4) is 0 Å². The van der Waals surface area contributed by atoms with Crippen molar-refractivity contribution >= 4 is 29.0 Å². The van der Waals surface area contributed by atoms with Crippen LogP contribution in [0.15, 0.2) is 36.4 Å². The lowest BCUT2D eigenvalue weighted by molar-refractivity contribution is 0.0992. The minimum Gasteiger partial charge on any atom is -0.294 e. The van der Waals surface area contributed by atoms with Crippen LogP contribution in [0.2, 0.25) is 10.0 Å². The Kier molecular flexibility index (Phi) is 4.23. The molecule has 2 aromatic carbocycles. The Labute approximate surface area is 121 Å². The number of Topliss-reactive ketones (excluding diaryl/α,β-unsaturated/α-hetero) is 1. The highest BCUT2D eigenvalue weighted by atomic mass is 35.5. The third-order valence-electron chi connectivity index (χ3n) is 2.89. The number of aryl methyl sites for hydroxylation is 1. The summed E-state index contributed by atoms with van der Waals surface area (Å²) in [5, 5.41) is 0.877. The average Bonchev–Trinajstić information content (AvgIpc) is 2.37. The van der Waals surface area contributed by atoms with E-state index in [9.17, 15) is 9.18 Å². The van der Waals surface area contributed by atoms with Crippen molar-refractivity contribution in [2.75, 3.05) is 0 Å². The van der Waals surface area contributed by atoms with Crippen LogP contribution >= 0.6 is 23.2 Å². The van der Waals surface area contributed by atoms with Crippen molar-refractivity contribution in [2.45, 2.75) is 13.3 Å². The molecule has 0 atom stereocenters. The number of rotatable bonds is 3. The molecule has 0 aliphatic heterocycles. The van der Waals surface area contributed by atoms with Crippen molar-refractivity contribution < 1.29 is 9.18 Å². The topological polar surface area (TPSA) is 17.1 Å². The fourth-order valence-electron chi connectivity index (χ4n) is 1.73. The minimum atomic E-state index is -0.392. The van der Waals surface area contributed by atoms with Gasteiger partial charge in [-0.1, -0.05) is 41.4 Å². The zero-order valence-electron chi connectivity index (χ0n) is 10.2. The number of ketones is 1. The molecule has 0 radical (unpaired) electrons. The van der Waals surface area contributed by atoms with Gasteiger partial charge in [0.05, 0.1) is 0 Å². The molecule has 2 rings (SSSR count). The number of hydrogen-bond acceptors (Lipinski definition) is 1. The van der Waals surface area contributed by atoms with Crippen molar-refractivity contribution in [2.24, 2.45) is 0 Å². The molecular formula is C15H11Cl2FO. The van der Waals surface area contributed by atoms with E-state index in [1.807, 2.05) is 0 Å². The van der Waals surface area contributed by atoms with Gasteiger partial charge in [0.1, 0.15) is 5.82 Å². The van der Waals surface area contributed by atoms with Gasteiger partial charge in [0.2, 0.25) is 0 Å². The lowest BCUT2D eigenvalue weighted by atomic mass is 10.0. The molecule has 98 valence electrons. The Morgan fingerprint density at radius 3 is 2.37 bits per heavy atom. The zero-order chi connectivity index (χ0) is 14.0. The molecule has 0 bridgehead atoms. The lowest BCUT2D eigenvalue weighted by Crippen LogP contribution is -2.05. The molecule has 0 unspecified atom stereocenters. The standard InChI is InChI=1S/C15H11Cl2FO/c1-9-5-6-10(7-14(9)18)15(19)8-11-12(16)3-2-4-13(11)17/h2-7H,8H2,1H3. The van der Waals surface area contributed by atoms with Crippen molar-refractivity contribution in [3.63, 3.8) is 0 Å². The van der Waals surface area contributed by atoms with E-state index in [1.54, 1.807) is 37.3 Å². The zero-order valence-corrected chi connectivity index (χ0v) is 11.7. The molecule has 0 heterocycles. The van der Waals surface area contributed by atoms with Gasteiger partial charge in [0.15, 0.2) is 5.78 Å². The van der Waals surface area contributed by atoms with Crippen LogP contribution in [0, 0.1) is 12.7 Å². The first-order valence-corrected chi connectivity index (χ1v) is 6.47. The van der Waals surface area contributed by atoms with Gasteiger partial charge in [-0.2, -0.15) is 0 Å². The molecule has 0 saturated carbocycles. The maximum atomic E-state index is 13.4. The van der Waals surface area contributed by atoms with Crippen LogP contribution in [-0.4, -0.2) is 5.78 Å². The Morgan fingerprint density at radius 1 is 1.16 bits per heavy atom. The van der Waals surface area contributed by atoms with E-state index in [4.69, 9.17) is 23.2 Å². The van der Waals surface area contributed by atoms with Gasteiger partial charge in [-0.05, 0) is 36.2 Å². The van der Waals surface area contributed by atoms with Gasteiger partial charge < -0.3 is 0 Å². The number of carbonyl (C=O) groups is 1. The predicted molar refractivity (Wildman–Crippen MR) is 75.6 cm³/mol. The monoisotopic (exact) mass is 296 g/mol. The summed E-state index contributed by atoms with van der Waals surface area (Å²) in [4.78, 5) is 12.1. The fourth-order valence-corrected chi connectivity index (χ4v) is 2.26. The van der Waals surface area contributed by atoms with Crippen LogP contribution in [0.25, 0.3) is 0 Å². The summed E-state index contributed by atoms with van der Waals surface area (Å²) in [6, 6.07) is 9.48. The Balaban J connectivity index is 2.28. The SMILES string of the molecule is Cc1ccc(C(=O)Cc2c(Cl)cccc2Cl)cc1F. The number of benzene rings is 2. The maximum Gasteiger partial charge on any atom is 0.167 e. The third-order valence-corrected chi connectivity index (χ3v) is 3.60. The predicted octanol–water partition coefficient (Wildman–Crippen LogP) is 4.87. The quantitative estimate of drug-likeness (QED) is 0.739. The first-order valence-electron chi connectivity index (χ1n) is 5.71. The van der Waals surface area contributed by atoms with Crippen LogP contribution in [-0.2, 0) is 6.42 Å². The maximum absolute atomic E-state index is 13.4. The summed E-state index contributed by atoms with van der Waals surface area (Å²) < 4.78 is 13.4. The summed E-state index contributed by atoms with van der Waals surface area (Å²) >= 11 is 12.0. The van der Waals surface area contributed by atoms with Crippen LogP contribution in [0.1, 0.15) is 21.5 Å². The van der Waals surface area contributed by atoms with Gasteiger partial charge in [-0.25, -0.2) is 4.39 Å². The van der Waals surface area contributed by atoms with E-state index in [0.717, 1.165) is 0 Å². The second-order valence-corrected chi connectivity index (χ2v) is 5.08. The van der Waals surface area contributed by atoms with Gasteiger partial charge in [0, 0.05) is 22.0 Å². The lowest BCUT2D eigenvalue weighted by Gasteiger charge is -2.07. The van der Waals surface area contributed by atoms with Gasteiger partial charge in [0.25, 0.3) is 0 Å². The molecule has 0 aliphatic carbocycles. The van der Waals surface area contributed by atoms with Gasteiger partial charge >= 0.3 is 0 Å². The molecule has 0 aromatic heterocycles. The summed E-state index contributed by atoms with van der Waals surface area (Å²) in [6.07, 6.45) is 0.0566. The molecule has 0 aliphatic rings. The fraction of sp³-hybridized carbons (Fsp3) is 0.133. The normalized spacial score (nSPS) is 10.5. The van der Waals surface area contributed by atoms with Crippen molar-refractivity contribution in [1.29, 1.82) is 0 Å². The molecule has 1 nitrogen and oxygen atoms in total. The van der Waals surface area contributed by atoms with E-state index < -0.39 is 5.82 Å². The Morgan fingerprint density at radius 2 is 1.79 bits per heavy atom. The van der Waals surface area contributed by atoms with Crippen molar-refractivity contribution in [3.05, 3.63) is 69.0 Å². The molecule has 0 fully saturated rings. The van der Waals surface area contributed by atoms with Crippen molar-refractivity contribution in [3.8, 4) is 0 Å². The van der Waals surface area contributed by atoms with Crippen molar-refractivity contribution in [1.82, 2.24) is 0 Å². The number of carbonyl (C=O) groups excluding carboxylic acids is 1. The van der Waals surface area contributed by atoms with Gasteiger partial charge in [-0.3, -0.25) is 4.79 Å². The molecule has 4 heteroatoms. The average molecular weight is 297 g/mol. The summed E-state index contributed by atoms with van der Waals surface area (Å²) in [5.41, 5.74) is 1.39. The second kappa shape index (κ2) is 5.72. The molecule has 0 N–H and O–H groups in total. The van der Waals surface area contributed by atoms with E-state index in [2.05, 4.69) is 0 Å². The molecule has 0 saturated heterocycles. The molecular weight excluding hydrogens is 286 g/mol. The third kappa shape index (κ3) is 3.14. The van der Waals surface area contributed by atoms with E-state index in [-0.39, 0.29) is 12.2 Å².